The van der Waals surface area contributed by atoms with E-state index in [1.165, 1.54) is 7.11 Å². The van der Waals surface area contributed by atoms with E-state index < -0.39 is 18.4 Å². The summed E-state index contributed by atoms with van der Waals surface area (Å²) in [7, 11) is 1.44. The third-order valence-electron chi connectivity index (χ3n) is 3.36. The summed E-state index contributed by atoms with van der Waals surface area (Å²) in [5.41, 5.74) is 0.246. The van der Waals surface area contributed by atoms with Gasteiger partial charge < -0.3 is 9.47 Å². The molecule has 6 heteroatoms. The van der Waals surface area contributed by atoms with E-state index in [1.807, 2.05) is 6.92 Å². The van der Waals surface area contributed by atoms with Crippen LogP contribution in [0.25, 0.3) is 0 Å². The zero-order valence-electron chi connectivity index (χ0n) is 11.9. The maximum absolute atomic E-state index is 11.9. The number of amides is 2. The Bertz CT molecular complexity index is 569. The van der Waals surface area contributed by atoms with Crippen molar-refractivity contribution in [3.8, 4) is 5.75 Å². The molecule has 21 heavy (non-hydrogen) atoms. The lowest BCUT2D eigenvalue weighted by atomic mass is 10.2. The van der Waals surface area contributed by atoms with Gasteiger partial charge in [-0.2, -0.15) is 0 Å². The van der Waals surface area contributed by atoms with Crippen molar-refractivity contribution in [2.45, 2.75) is 13.3 Å². The van der Waals surface area contributed by atoms with E-state index in [0.717, 1.165) is 6.42 Å². The molecule has 1 aliphatic carbocycles. The predicted octanol–water partition coefficient (Wildman–Crippen LogP) is 1.15. The molecule has 6 nitrogen and oxygen atoms in total. The minimum Gasteiger partial charge on any atom is -0.496 e. The number of carbonyl (C=O) groups is 3. The second-order valence-electron chi connectivity index (χ2n) is 5.00. The molecule has 0 unspecified atom stereocenters. The third-order valence-corrected chi connectivity index (χ3v) is 3.36. The number of hydrogen-bond donors (Lipinski definition) is 1. The number of hydrogen-bond acceptors (Lipinski definition) is 5. The van der Waals surface area contributed by atoms with Gasteiger partial charge >= 0.3 is 5.97 Å². The van der Waals surface area contributed by atoms with Crippen LogP contribution in [0.1, 0.15) is 23.7 Å². The number of methoxy groups -OCH3 is 1. The predicted molar refractivity (Wildman–Crippen MR) is 73.7 cm³/mol. The van der Waals surface area contributed by atoms with Crippen molar-refractivity contribution in [1.29, 1.82) is 0 Å². The fraction of sp³-hybridized carbons (Fsp3) is 0.400. The van der Waals surface area contributed by atoms with Gasteiger partial charge in [0.15, 0.2) is 6.61 Å². The minimum atomic E-state index is -0.660. The Kier molecular flexibility index (Phi) is 4.57. The highest BCUT2D eigenvalue weighted by atomic mass is 16.5. The summed E-state index contributed by atoms with van der Waals surface area (Å²) < 4.78 is 9.90. The zero-order valence-corrected chi connectivity index (χ0v) is 11.9. The van der Waals surface area contributed by atoms with Crippen molar-refractivity contribution in [3.05, 3.63) is 29.8 Å². The van der Waals surface area contributed by atoms with Crippen molar-refractivity contribution < 1.29 is 23.9 Å². The molecule has 0 spiro atoms. The van der Waals surface area contributed by atoms with E-state index in [-0.39, 0.29) is 17.5 Å². The van der Waals surface area contributed by atoms with Gasteiger partial charge in [0.25, 0.3) is 11.8 Å². The van der Waals surface area contributed by atoms with Crippen molar-refractivity contribution in [1.82, 2.24) is 5.32 Å². The first kappa shape index (κ1) is 15.0. The molecule has 1 aromatic rings. The second kappa shape index (κ2) is 6.39. The Morgan fingerprint density at radius 2 is 1.95 bits per heavy atom. The van der Waals surface area contributed by atoms with E-state index in [1.54, 1.807) is 24.3 Å². The van der Waals surface area contributed by atoms with Gasteiger partial charge in [-0.25, -0.2) is 0 Å². The van der Waals surface area contributed by atoms with Crippen LogP contribution in [0.2, 0.25) is 0 Å². The number of rotatable bonds is 5. The van der Waals surface area contributed by atoms with Gasteiger partial charge in [0.1, 0.15) is 5.75 Å². The van der Waals surface area contributed by atoms with Crippen LogP contribution in [-0.4, -0.2) is 31.5 Å². The molecule has 0 bridgehead atoms. The highest BCUT2D eigenvalue weighted by molar-refractivity contribution is 6.06. The Morgan fingerprint density at radius 3 is 2.57 bits per heavy atom. The number of nitrogens with one attached hydrogen (secondary N) is 1. The maximum atomic E-state index is 11.9. The Balaban J connectivity index is 1.84. The summed E-state index contributed by atoms with van der Waals surface area (Å²) in [5.74, 6) is -1.06. The first-order chi connectivity index (χ1) is 10.0. The van der Waals surface area contributed by atoms with Crippen LogP contribution in [0.4, 0.5) is 0 Å². The molecule has 0 aliphatic heterocycles. The lowest BCUT2D eigenvalue weighted by Gasteiger charge is -2.08. The number of benzene rings is 1. The summed E-state index contributed by atoms with van der Waals surface area (Å²) in [5, 5.41) is 2.16. The van der Waals surface area contributed by atoms with Gasteiger partial charge in [0.05, 0.1) is 18.6 Å². The lowest BCUT2D eigenvalue weighted by Crippen LogP contribution is -2.34. The van der Waals surface area contributed by atoms with Gasteiger partial charge in [-0.15, -0.1) is 0 Å². The highest BCUT2D eigenvalue weighted by Crippen LogP contribution is 2.38. The number of imide groups is 1. The molecular weight excluding hydrogens is 274 g/mol. The van der Waals surface area contributed by atoms with Gasteiger partial charge in [-0.1, -0.05) is 19.1 Å². The van der Waals surface area contributed by atoms with Gasteiger partial charge in [0.2, 0.25) is 0 Å². The van der Waals surface area contributed by atoms with Gasteiger partial charge in [-0.3, -0.25) is 19.7 Å². The molecule has 0 aromatic heterocycles. The van der Waals surface area contributed by atoms with Crippen LogP contribution in [0, 0.1) is 11.8 Å². The second-order valence-corrected chi connectivity index (χ2v) is 5.00. The molecule has 1 aliphatic rings. The van der Waals surface area contributed by atoms with Gasteiger partial charge in [-0.05, 0) is 24.5 Å². The van der Waals surface area contributed by atoms with Crippen molar-refractivity contribution in [3.63, 3.8) is 0 Å². The summed E-state index contributed by atoms with van der Waals surface area (Å²) in [4.78, 5) is 35.0. The molecule has 2 atom stereocenters. The number of carbonyl (C=O) groups excluding carboxylic acids is 3. The number of esters is 1. The van der Waals surface area contributed by atoms with E-state index in [0.29, 0.717) is 11.7 Å². The van der Waals surface area contributed by atoms with Crippen LogP contribution < -0.4 is 10.1 Å². The molecule has 0 heterocycles. The summed E-state index contributed by atoms with van der Waals surface area (Å²) in [6.45, 7) is 1.49. The van der Waals surface area contributed by atoms with Crippen molar-refractivity contribution in [2.24, 2.45) is 11.8 Å². The SMILES string of the molecule is COc1ccccc1C(=O)NC(=O)COC(=O)[C@H]1C[C@H]1C. The average molecular weight is 291 g/mol. The van der Waals surface area contributed by atoms with Crippen LogP contribution >= 0.6 is 0 Å². The fourth-order valence-corrected chi connectivity index (χ4v) is 1.96. The monoisotopic (exact) mass is 291 g/mol. The van der Waals surface area contributed by atoms with Crippen molar-refractivity contribution in [2.75, 3.05) is 13.7 Å². The normalized spacial score (nSPS) is 19.5. The van der Waals surface area contributed by atoms with Crippen LogP contribution in [0.15, 0.2) is 24.3 Å². The fourth-order valence-electron chi connectivity index (χ4n) is 1.96. The van der Waals surface area contributed by atoms with Crippen LogP contribution in [0.5, 0.6) is 5.75 Å². The molecule has 2 amide bonds. The molecule has 1 aromatic carbocycles. The lowest BCUT2D eigenvalue weighted by molar-refractivity contribution is -0.149. The van der Waals surface area contributed by atoms with E-state index in [4.69, 9.17) is 9.47 Å². The van der Waals surface area contributed by atoms with Crippen LogP contribution in [-0.2, 0) is 14.3 Å². The van der Waals surface area contributed by atoms with Crippen molar-refractivity contribution >= 4 is 17.8 Å². The summed E-state index contributed by atoms with van der Waals surface area (Å²) in [6, 6.07) is 6.54. The molecule has 2 rings (SSSR count). The van der Waals surface area contributed by atoms with E-state index >= 15 is 0 Å². The smallest absolute Gasteiger partial charge is 0.309 e. The summed E-state index contributed by atoms with van der Waals surface area (Å²) >= 11 is 0. The molecule has 112 valence electrons. The standard InChI is InChI=1S/C15H17NO5/c1-9-7-11(9)15(19)21-8-13(17)16-14(18)10-5-3-4-6-12(10)20-2/h3-6,9,11H,7-8H2,1-2H3,(H,16,17,18)/t9-,11+/m1/s1. The van der Waals surface area contributed by atoms with Gasteiger partial charge in [0, 0.05) is 0 Å². The Hall–Kier alpha value is -2.37. The number of para-hydroxylation sites is 1. The molecule has 0 saturated heterocycles. The molecule has 1 fully saturated rings. The molecule has 0 radical (unpaired) electrons. The number of ether oxygens (including phenoxy) is 2. The molecular formula is C15H17NO5. The summed E-state index contributed by atoms with van der Waals surface area (Å²) in [6.07, 6.45) is 0.792. The first-order valence-electron chi connectivity index (χ1n) is 6.66. The average Bonchev–Trinajstić information content (AvgIpc) is 3.21. The Morgan fingerprint density at radius 1 is 1.29 bits per heavy atom. The van der Waals surface area contributed by atoms with Crippen LogP contribution in [0.3, 0.4) is 0 Å². The largest absolute Gasteiger partial charge is 0.496 e. The quantitative estimate of drug-likeness (QED) is 0.823. The maximum Gasteiger partial charge on any atom is 0.309 e. The topological polar surface area (TPSA) is 81.7 Å². The molecule has 1 saturated carbocycles. The first-order valence-corrected chi connectivity index (χ1v) is 6.66. The van der Waals surface area contributed by atoms with E-state index in [2.05, 4.69) is 5.32 Å². The minimum absolute atomic E-state index is 0.109. The van der Waals surface area contributed by atoms with E-state index in [9.17, 15) is 14.4 Å². The third kappa shape index (κ3) is 3.81. The highest BCUT2D eigenvalue weighted by Gasteiger charge is 2.40. The Labute approximate surface area is 122 Å². The zero-order chi connectivity index (χ0) is 15.4. The molecule has 1 N–H and O–H groups in total.